The van der Waals surface area contributed by atoms with Gasteiger partial charge in [0.05, 0.1) is 18.1 Å². The van der Waals surface area contributed by atoms with E-state index in [0.717, 1.165) is 18.5 Å². The lowest BCUT2D eigenvalue weighted by Crippen LogP contribution is -1.98. The number of aromatic nitrogens is 2. The third kappa shape index (κ3) is 3.40. The molecule has 0 aliphatic heterocycles. The summed E-state index contributed by atoms with van der Waals surface area (Å²) in [5.41, 5.74) is 0.924. The van der Waals surface area contributed by atoms with E-state index in [0.29, 0.717) is 12.0 Å². The minimum absolute atomic E-state index is 0.409. The van der Waals surface area contributed by atoms with Gasteiger partial charge in [-0.15, -0.1) is 0 Å². The van der Waals surface area contributed by atoms with Crippen molar-refractivity contribution in [1.82, 2.24) is 9.97 Å². The van der Waals surface area contributed by atoms with Crippen LogP contribution in [0.15, 0.2) is 12.4 Å². The van der Waals surface area contributed by atoms with E-state index >= 15 is 0 Å². The highest BCUT2D eigenvalue weighted by atomic mass is 16.5. The summed E-state index contributed by atoms with van der Waals surface area (Å²) in [7, 11) is 0. The third-order valence-corrected chi connectivity index (χ3v) is 1.57. The molecule has 0 bridgehead atoms. The fourth-order valence-electron chi connectivity index (χ4n) is 0.798. The molecule has 0 unspecified atom stereocenters. The lowest BCUT2D eigenvalue weighted by molar-refractivity contribution is 0.289. The smallest absolute Gasteiger partial charge is 0.232 e. The maximum Gasteiger partial charge on any atom is 0.232 e. The van der Waals surface area contributed by atoms with Crippen molar-refractivity contribution in [3.05, 3.63) is 18.1 Å². The van der Waals surface area contributed by atoms with E-state index in [-0.39, 0.29) is 0 Å². The van der Waals surface area contributed by atoms with Crippen LogP contribution in [0.5, 0.6) is 5.88 Å². The summed E-state index contributed by atoms with van der Waals surface area (Å²) in [6, 6.07) is 0. The summed E-state index contributed by atoms with van der Waals surface area (Å²) < 4.78 is 5.41. The van der Waals surface area contributed by atoms with Crippen molar-refractivity contribution in [3.8, 4) is 5.88 Å². The van der Waals surface area contributed by atoms with Crippen LogP contribution < -0.4 is 4.74 Å². The molecule has 0 N–H and O–H groups in total. The van der Waals surface area contributed by atoms with E-state index in [1.807, 2.05) is 20.8 Å². The zero-order valence-corrected chi connectivity index (χ0v) is 8.45. The van der Waals surface area contributed by atoms with E-state index in [4.69, 9.17) is 4.74 Å². The Labute approximate surface area is 79.2 Å². The third-order valence-electron chi connectivity index (χ3n) is 1.57. The van der Waals surface area contributed by atoms with E-state index in [1.165, 1.54) is 0 Å². The van der Waals surface area contributed by atoms with Gasteiger partial charge in [-0.1, -0.05) is 13.8 Å². The molecule has 1 aromatic heterocycles. The molecule has 0 aromatic carbocycles. The molecule has 1 fully saturated rings. The normalized spacial score (nSPS) is 14.4. The van der Waals surface area contributed by atoms with Crippen LogP contribution >= 0.6 is 0 Å². The largest absolute Gasteiger partial charge is 0.473 e. The molecular weight excluding hydrogens is 164 g/mol. The Morgan fingerprint density at radius 1 is 1.23 bits per heavy atom. The second-order valence-corrected chi connectivity index (χ2v) is 2.81. The molecule has 2 rings (SSSR count). The zero-order chi connectivity index (χ0) is 9.68. The zero-order valence-electron chi connectivity index (χ0n) is 8.45. The summed E-state index contributed by atoms with van der Waals surface area (Å²) in [6.07, 6.45) is 6.13. The van der Waals surface area contributed by atoms with Crippen LogP contribution in [0.4, 0.5) is 0 Å². The van der Waals surface area contributed by atoms with Crippen LogP contribution in [-0.4, -0.2) is 16.1 Å². The molecule has 0 spiro atoms. The molecule has 72 valence electrons. The molecule has 0 atom stereocenters. The SMILES string of the molecule is CC.Cc1cnc(OC2CC2)cn1. The first-order valence-corrected chi connectivity index (χ1v) is 4.80. The Morgan fingerprint density at radius 3 is 2.38 bits per heavy atom. The topological polar surface area (TPSA) is 35.0 Å². The fraction of sp³-hybridized carbons (Fsp3) is 0.600. The van der Waals surface area contributed by atoms with Crippen molar-refractivity contribution < 1.29 is 4.74 Å². The van der Waals surface area contributed by atoms with Gasteiger partial charge in [-0.25, -0.2) is 4.98 Å². The monoisotopic (exact) mass is 180 g/mol. The minimum Gasteiger partial charge on any atom is -0.473 e. The molecule has 1 heterocycles. The highest BCUT2D eigenvalue weighted by Gasteiger charge is 2.23. The average molecular weight is 180 g/mol. The summed E-state index contributed by atoms with van der Waals surface area (Å²) in [4.78, 5) is 8.15. The number of aryl methyl sites for hydroxylation is 1. The van der Waals surface area contributed by atoms with Crippen LogP contribution in [0, 0.1) is 6.92 Å². The molecule has 0 radical (unpaired) electrons. The number of nitrogens with zero attached hydrogens (tertiary/aromatic N) is 2. The second kappa shape index (κ2) is 4.80. The van der Waals surface area contributed by atoms with Crippen LogP contribution in [0.25, 0.3) is 0 Å². The van der Waals surface area contributed by atoms with Gasteiger partial charge in [0.1, 0.15) is 6.10 Å². The molecule has 13 heavy (non-hydrogen) atoms. The quantitative estimate of drug-likeness (QED) is 0.700. The first-order chi connectivity index (χ1) is 6.34. The Hall–Kier alpha value is -1.12. The van der Waals surface area contributed by atoms with Crippen LogP contribution in [0.3, 0.4) is 0 Å². The number of hydrogen-bond donors (Lipinski definition) is 0. The van der Waals surface area contributed by atoms with Crippen molar-refractivity contribution in [2.75, 3.05) is 0 Å². The fourth-order valence-corrected chi connectivity index (χ4v) is 0.798. The first kappa shape index (κ1) is 9.96. The van der Waals surface area contributed by atoms with Gasteiger partial charge in [0, 0.05) is 0 Å². The van der Waals surface area contributed by atoms with Crippen molar-refractivity contribution in [2.45, 2.75) is 39.7 Å². The van der Waals surface area contributed by atoms with Crippen molar-refractivity contribution >= 4 is 0 Å². The lowest BCUT2D eigenvalue weighted by atomic mass is 10.5. The molecule has 0 amide bonds. The van der Waals surface area contributed by atoms with Gasteiger partial charge in [-0.2, -0.15) is 0 Å². The van der Waals surface area contributed by atoms with Gasteiger partial charge in [0.25, 0.3) is 0 Å². The number of ether oxygens (including phenoxy) is 1. The van der Waals surface area contributed by atoms with E-state index in [9.17, 15) is 0 Å². The Balaban J connectivity index is 0.000000396. The van der Waals surface area contributed by atoms with Gasteiger partial charge >= 0.3 is 0 Å². The van der Waals surface area contributed by atoms with Crippen molar-refractivity contribution in [1.29, 1.82) is 0 Å². The molecular formula is C10H16N2O. The molecule has 3 heteroatoms. The number of hydrogen-bond acceptors (Lipinski definition) is 3. The Bertz CT molecular complexity index is 242. The summed E-state index contributed by atoms with van der Waals surface area (Å²) >= 11 is 0. The lowest BCUT2D eigenvalue weighted by Gasteiger charge is -2.00. The number of rotatable bonds is 2. The molecule has 1 aliphatic carbocycles. The predicted molar refractivity (Wildman–Crippen MR) is 51.8 cm³/mol. The minimum atomic E-state index is 0.409. The maximum absolute atomic E-state index is 5.41. The van der Waals surface area contributed by atoms with Crippen LogP contribution in [-0.2, 0) is 0 Å². The summed E-state index contributed by atoms with van der Waals surface area (Å²) in [5, 5.41) is 0. The first-order valence-electron chi connectivity index (χ1n) is 4.80. The Morgan fingerprint density at radius 2 is 1.92 bits per heavy atom. The van der Waals surface area contributed by atoms with Gasteiger partial charge in [-0.3, -0.25) is 4.98 Å². The molecule has 1 saturated carbocycles. The van der Waals surface area contributed by atoms with Crippen LogP contribution in [0.2, 0.25) is 0 Å². The maximum atomic E-state index is 5.41. The molecule has 3 nitrogen and oxygen atoms in total. The van der Waals surface area contributed by atoms with Gasteiger partial charge in [0.2, 0.25) is 5.88 Å². The summed E-state index contributed by atoms with van der Waals surface area (Å²) in [6.45, 7) is 5.91. The molecule has 1 aliphatic rings. The standard InChI is InChI=1S/C8H10N2O.C2H6/c1-6-4-10-8(5-9-6)11-7-2-3-7;1-2/h4-5,7H,2-3H2,1H3;1-2H3. The van der Waals surface area contributed by atoms with E-state index in [1.54, 1.807) is 12.4 Å². The van der Waals surface area contributed by atoms with Crippen LogP contribution in [0.1, 0.15) is 32.4 Å². The average Bonchev–Trinajstić information content (AvgIpc) is 2.96. The molecule has 1 aromatic rings. The highest BCUT2D eigenvalue weighted by molar-refractivity contribution is 5.07. The van der Waals surface area contributed by atoms with Crippen molar-refractivity contribution in [2.24, 2.45) is 0 Å². The van der Waals surface area contributed by atoms with E-state index < -0.39 is 0 Å². The second-order valence-electron chi connectivity index (χ2n) is 2.81. The van der Waals surface area contributed by atoms with Crippen molar-refractivity contribution in [3.63, 3.8) is 0 Å². The molecule has 0 saturated heterocycles. The highest BCUT2D eigenvalue weighted by Crippen LogP contribution is 2.24. The van der Waals surface area contributed by atoms with Gasteiger partial charge in [-0.05, 0) is 19.8 Å². The Kier molecular flexibility index (Phi) is 3.68. The predicted octanol–water partition coefficient (Wildman–Crippen LogP) is 2.35. The van der Waals surface area contributed by atoms with E-state index in [2.05, 4.69) is 9.97 Å². The van der Waals surface area contributed by atoms with Gasteiger partial charge in [0.15, 0.2) is 0 Å². The van der Waals surface area contributed by atoms with Gasteiger partial charge < -0.3 is 4.74 Å². The summed E-state index contributed by atoms with van der Waals surface area (Å²) in [5.74, 6) is 0.651.